The Bertz CT molecular complexity index is 664. The topological polar surface area (TPSA) is 91.8 Å². The van der Waals surface area contributed by atoms with Crippen molar-refractivity contribution >= 4 is 17.6 Å². The molecule has 1 aliphatic carbocycles. The van der Waals surface area contributed by atoms with E-state index in [0.29, 0.717) is 18.4 Å². The smallest absolute Gasteiger partial charge is 0.328 e. The van der Waals surface area contributed by atoms with Gasteiger partial charge in [-0.2, -0.15) is 0 Å². The summed E-state index contributed by atoms with van der Waals surface area (Å²) in [5.41, 5.74) is -0.281. The molecule has 1 aromatic rings. The summed E-state index contributed by atoms with van der Waals surface area (Å²) in [6.07, 6.45) is 4.62. The summed E-state index contributed by atoms with van der Waals surface area (Å²) in [7, 11) is 0. The van der Waals surface area contributed by atoms with E-state index in [1.807, 2.05) is 6.07 Å². The number of carbonyl (C=O) groups excluding carboxylic acids is 1. The number of anilines is 1. The van der Waals surface area contributed by atoms with Gasteiger partial charge in [-0.1, -0.05) is 0 Å². The Morgan fingerprint density at radius 3 is 2.60 bits per heavy atom. The minimum atomic E-state index is -1.36. The highest BCUT2D eigenvalue weighted by molar-refractivity contribution is 5.96. The summed E-state index contributed by atoms with van der Waals surface area (Å²) in [5.74, 6) is -0.567. The third-order valence-corrected chi connectivity index (χ3v) is 4.63. The van der Waals surface area contributed by atoms with Gasteiger partial charge in [0.2, 0.25) is 5.88 Å². The zero-order chi connectivity index (χ0) is 18.0. The molecule has 7 heteroatoms. The average Bonchev–Trinajstić information content (AvgIpc) is 3.24. The first-order valence-electron chi connectivity index (χ1n) is 8.81. The molecule has 0 aromatic carbocycles. The lowest BCUT2D eigenvalue weighted by Gasteiger charge is -2.23. The molecule has 136 valence electrons. The number of aliphatic carboxylic acids is 1. The lowest BCUT2D eigenvalue weighted by molar-refractivity contribution is -0.143. The Morgan fingerprint density at radius 1 is 1.32 bits per heavy atom. The summed E-state index contributed by atoms with van der Waals surface area (Å²) >= 11 is 0. The van der Waals surface area contributed by atoms with Crippen LogP contribution in [0.1, 0.15) is 50.0 Å². The zero-order valence-electron chi connectivity index (χ0n) is 14.7. The number of nitrogens with zero attached hydrogens (tertiary/aromatic N) is 2. The Hall–Kier alpha value is -2.31. The molecule has 0 bridgehead atoms. The Kier molecular flexibility index (Phi) is 4.83. The fourth-order valence-corrected chi connectivity index (χ4v) is 2.75. The number of amides is 1. The highest BCUT2D eigenvalue weighted by Gasteiger charge is 2.30. The standard InChI is InChI=1S/C18H25N3O4/c1-18(2,17(23)24)20-15(22)13-7-8-14(21-9-3-4-10-21)16(19-13)25-11-12-5-6-12/h7-8,12H,3-6,9-11H2,1-2H3,(H,20,22)(H,23,24). The van der Waals surface area contributed by atoms with E-state index < -0.39 is 17.4 Å². The third-order valence-electron chi connectivity index (χ3n) is 4.63. The lowest BCUT2D eigenvalue weighted by atomic mass is 10.1. The number of ether oxygens (including phenoxy) is 1. The molecule has 1 amide bonds. The van der Waals surface area contributed by atoms with Crippen LogP contribution in [-0.4, -0.2) is 47.2 Å². The van der Waals surface area contributed by atoms with Gasteiger partial charge in [0.1, 0.15) is 11.2 Å². The molecule has 2 heterocycles. The van der Waals surface area contributed by atoms with Crippen LogP contribution in [0.15, 0.2) is 12.1 Å². The maximum Gasteiger partial charge on any atom is 0.328 e. The quantitative estimate of drug-likeness (QED) is 0.784. The van der Waals surface area contributed by atoms with Crippen LogP contribution >= 0.6 is 0 Å². The largest absolute Gasteiger partial charge is 0.480 e. The highest BCUT2D eigenvalue weighted by atomic mass is 16.5. The molecule has 1 aliphatic heterocycles. The van der Waals surface area contributed by atoms with Crippen molar-refractivity contribution in [1.82, 2.24) is 10.3 Å². The minimum Gasteiger partial charge on any atom is -0.480 e. The normalized spacial score (nSPS) is 17.4. The van der Waals surface area contributed by atoms with Crippen LogP contribution in [0, 0.1) is 5.92 Å². The van der Waals surface area contributed by atoms with Crippen LogP contribution in [0.5, 0.6) is 5.88 Å². The van der Waals surface area contributed by atoms with Gasteiger partial charge in [-0.25, -0.2) is 9.78 Å². The van der Waals surface area contributed by atoms with E-state index in [2.05, 4.69) is 15.2 Å². The second-order valence-corrected chi connectivity index (χ2v) is 7.35. The number of carboxylic acids is 1. The van der Waals surface area contributed by atoms with Gasteiger partial charge in [-0.15, -0.1) is 0 Å². The minimum absolute atomic E-state index is 0.170. The molecule has 0 unspecified atom stereocenters. The average molecular weight is 347 g/mol. The molecule has 2 aliphatic rings. The Morgan fingerprint density at radius 2 is 2.00 bits per heavy atom. The van der Waals surface area contributed by atoms with Crippen LogP contribution in [0.2, 0.25) is 0 Å². The van der Waals surface area contributed by atoms with Crippen molar-refractivity contribution in [2.45, 2.75) is 45.1 Å². The number of carbonyl (C=O) groups is 2. The fraction of sp³-hybridized carbons (Fsp3) is 0.611. The van der Waals surface area contributed by atoms with Crippen molar-refractivity contribution in [3.8, 4) is 5.88 Å². The van der Waals surface area contributed by atoms with Gasteiger partial charge < -0.3 is 20.1 Å². The number of hydrogen-bond donors (Lipinski definition) is 2. The summed E-state index contributed by atoms with van der Waals surface area (Å²) in [6.45, 7) is 5.41. The number of carboxylic acid groups (broad SMARTS) is 1. The van der Waals surface area contributed by atoms with E-state index in [-0.39, 0.29) is 5.69 Å². The van der Waals surface area contributed by atoms with E-state index in [9.17, 15) is 9.59 Å². The monoisotopic (exact) mass is 347 g/mol. The molecule has 2 fully saturated rings. The van der Waals surface area contributed by atoms with E-state index in [1.54, 1.807) is 6.07 Å². The van der Waals surface area contributed by atoms with Gasteiger partial charge in [0.25, 0.3) is 5.91 Å². The molecular weight excluding hydrogens is 322 g/mol. The summed E-state index contributed by atoms with van der Waals surface area (Å²) < 4.78 is 5.89. The van der Waals surface area contributed by atoms with Gasteiger partial charge in [0.15, 0.2) is 0 Å². The van der Waals surface area contributed by atoms with Gasteiger partial charge in [-0.3, -0.25) is 4.79 Å². The predicted molar refractivity (Wildman–Crippen MR) is 93.1 cm³/mol. The number of hydrogen-bond acceptors (Lipinski definition) is 5. The van der Waals surface area contributed by atoms with Crippen LogP contribution in [0.3, 0.4) is 0 Å². The van der Waals surface area contributed by atoms with Crippen molar-refractivity contribution in [2.24, 2.45) is 5.92 Å². The number of nitrogens with one attached hydrogen (secondary N) is 1. The van der Waals surface area contributed by atoms with Crippen LogP contribution < -0.4 is 15.0 Å². The van der Waals surface area contributed by atoms with E-state index >= 15 is 0 Å². The first-order chi connectivity index (χ1) is 11.9. The maximum absolute atomic E-state index is 12.4. The SMILES string of the molecule is CC(C)(NC(=O)c1ccc(N2CCCC2)c(OCC2CC2)n1)C(=O)O. The van der Waals surface area contributed by atoms with Crippen molar-refractivity contribution in [3.05, 3.63) is 17.8 Å². The second kappa shape index (κ2) is 6.90. The highest BCUT2D eigenvalue weighted by Crippen LogP contribution is 2.33. The Balaban J connectivity index is 1.80. The molecule has 7 nitrogen and oxygen atoms in total. The number of rotatable bonds is 7. The number of pyridine rings is 1. The predicted octanol–water partition coefficient (Wildman–Crippen LogP) is 2.06. The van der Waals surface area contributed by atoms with Crippen LogP contribution in [0.4, 0.5) is 5.69 Å². The zero-order valence-corrected chi connectivity index (χ0v) is 14.7. The van der Waals surface area contributed by atoms with Gasteiger partial charge >= 0.3 is 5.97 Å². The third kappa shape index (κ3) is 4.21. The summed E-state index contributed by atoms with van der Waals surface area (Å²) in [6, 6.07) is 3.48. The van der Waals surface area contributed by atoms with Crippen molar-refractivity contribution in [1.29, 1.82) is 0 Å². The summed E-state index contributed by atoms with van der Waals surface area (Å²) in [5, 5.41) is 11.7. The molecule has 1 saturated heterocycles. The van der Waals surface area contributed by atoms with Crippen molar-refractivity contribution < 1.29 is 19.4 Å². The van der Waals surface area contributed by atoms with Gasteiger partial charge in [-0.05, 0) is 57.6 Å². The molecule has 1 saturated carbocycles. The molecular formula is C18H25N3O4. The lowest BCUT2D eigenvalue weighted by Crippen LogP contribution is -2.49. The second-order valence-electron chi connectivity index (χ2n) is 7.35. The van der Waals surface area contributed by atoms with E-state index in [1.165, 1.54) is 26.7 Å². The number of aromatic nitrogens is 1. The molecule has 0 spiro atoms. The van der Waals surface area contributed by atoms with Gasteiger partial charge in [0.05, 0.1) is 12.3 Å². The fourth-order valence-electron chi connectivity index (χ4n) is 2.75. The van der Waals surface area contributed by atoms with Crippen molar-refractivity contribution in [2.75, 3.05) is 24.6 Å². The van der Waals surface area contributed by atoms with Crippen molar-refractivity contribution in [3.63, 3.8) is 0 Å². The molecule has 3 rings (SSSR count). The Labute approximate surface area is 147 Å². The van der Waals surface area contributed by atoms with Crippen LogP contribution in [0.25, 0.3) is 0 Å². The molecule has 0 radical (unpaired) electrons. The van der Waals surface area contributed by atoms with Crippen LogP contribution in [-0.2, 0) is 4.79 Å². The first-order valence-corrected chi connectivity index (χ1v) is 8.81. The summed E-state index contributed by atoms with van der Waals surface area (Å²) in [4.78, 5) is 30.2. The van der Waals surface area contributed by atoms with E-state index in [4.69, 9.17) is 9.84 Å². The van der Waals surface area contributed by atoms with Gasteiger partial charge in [0, 0.05) is 13.1 Å². The van der Waals surface area contributed by atoms with E-state index in [0.717, 1.165) is 31.6 Å². The first kappa shape index (κ1) is 17.5. The molecule has 0 atom stereocenters. The molecule has 1 aromatic heterocycles. The molecule has 25 heavy (non-hydrogen) atoms. The molecule has 2 N–H and O–H groups in total. The maximum atomic E-state index is 12.4.